The summed E-state index contributed by atoms with van der Waals surface area (Å²) in [6, 6.07) is 16.3. The lowest BCUT2D eigenvalue weighted by atomic mass is 9.80. The lowest BCUT2D eigenvalue weighted by Crippen LogP contribution is -2.58. The summed E-state index contributed by atoms with van der Waals surface area (Å²) in [5.41, 5.74) is 1.58. The predicted octanol–water partition coefficient (Wildman–Crippen LogP) is 2.52. The summed E-state index contributed by atoms with van der Waals surface area (Å²) in [6.07, 6.45) is 0.697. The Kier molecular flexibility index (Phi) is 2.99. The van der Waals surface area contributed by atoms with Gasteiger partial charge in [0.15, 0.2) is 5.66 Å². The zero-order valence-electron chi connectivity index (χ0n) is 13.8. The van der Waals surface area contributed by atoms with Crippen molar-refractivity contribution >= 4 is 5.69 Å². The van der Waals surface area contributed by atoms with Crippen LogP contribution in [0.25, 0.3) is 0 Å². The first-order valence-electron chi connectivity index (χ1n) is 7.97. The number of ether oxygens (including phenoxy) is 1. The van der Waals surface area contributed by atoms with Gasteiger partial charge < -0.3 is 14.7 Å². The number of methoxy groups -OCH3 is 1. The Morgan fingerprint density at radius 2 is 1.83 bits per heavy atom. The fraction of sp³-hybridized carbons (Fsp3) is 0.368. The predicted molar refractivity (Wildman–Crippen MR) is 90.7 cm³/mol. The fourth-order valence-electron chi connectivity index (χ4n) is 4.60. The second-order valence-electron chi connectivity index (χ2n) is 6.51. The number of anilines is 1. The summed E-state index contributed by atoms with van der Waals surface area (Å²) in [5.74, 6) is 0.781. The molecule has 4 rings (SSSR count). The molecule has 0 unspecified atom stereocenters. The molecule has 2 aromatic rings. The van der Waals surface area contributed by atoms with E-state index in [2.05, 4.69) is 36.0 Å². The topological polar surface area (TPSA) is 35.9 Å². The van der Waals surface area contributed by atoms with Crippen molar-refractivity contribution in [2.24, 2.45) is 0 Å². The Bertz CT molecular complexity index is 748. The Morgan fingerprint density at radius 1 is 1.09 bits per heavy atom. The first-order valence-corrected chi connectivity index (χ1v) is 7.97. The van der Waals surface area contributed by atoms with Gasteiger partial charge in [-0.25, -0.2) is 0 Å². The Morgan fingerprint density at radius 3 is 2.52 bits per heavy atom. The van der Waals surface area contributed by atoms with E-state index in [1.165, 1.54) is 0 Å². The average molecular weight is 310 g/mol. The van der Waals surface area contributed by atoms with Crippen LogP contribution in [0.4, 0.5) is 5.69 Å². The third-order valence-electron chi connectivity index (χ3n) is 5.61. The van der Waals surface area contributed by atoms with E-state index in [1.54, 1.807) is 7.11 Å². The number of fused-ring (bicyclic) bond motifs is 3. The third-order valence-corrected chi connectivity index (χ3v) is 5.61. The third kappa shape index (κ3) is 1.57. The lowest BCUT2D eigenvalue weighted by molar-refractivity contribution is -0.0536. The van der Waals surface area contributed by atoms with Gasteiger partial charge in [0, 0.05) is 24.8 Å². The molecular weight excluding hydrogens is 288 g/mol. The first-order chi connectivity index (χ1) is 11.1. The van der Waals surface area contributed by atoms with Crippen LogP contribution in [0.5, 0.6) is 5.75 Å². The molecule has 0 aliphatic carbocycles. The zero-order chi connectivity index (χ0) is 16.2. The van der Waals surface area contributed by atoms with Crippen LogP contribution in [0.3, 0.4) is 0 Å². The van der Waals surface area contributed by atoms with Gasteiger partial charge in [0.25, 0.3) is 0 Å². The van der Waals surface area contributed by atoms with E-state index in [1.807, 2.05) is 36.4 Å². The van der Waals surface area contributed by atoms with Crippen molar-refractivity contribution in [1.29, 1.82) is 0 Å². The van der Waals surface area contributed by atoms with Crippen LogP contribution in [0.1, 0.15) is 17.5 Å². The molecular formula is C19H22N2O2. The van der Waals surface area contributed by atoms with Crippen molar-refractivity contribution in [2.45, 2.75) is 17.7 Å². The maximum Gasteiger partial charge on any atom is 0.153 e. The number of likely N-dealkylation sites (tertiary alicyclic amines) is 1. The van der Waals surface area contributed by atoms with Crippen molar-refractivity contribution in [1.82, 2.24) is 4.90 Å². The molecule has 2 aliphatic rings. The van der Waals surface area contributed by atoms with E-state index in [0.717, 1.165) is 29.1 Å². The van der Waals surface area contributed by atoms with Crippen LogP contribution in [-0.4, -0.2) is 37.8 Å². The molecule has 0 aromatic heterocycles. The van der Waals surface area contributed by atoms with E-state index >= 15 is 0 Å². The highest BCUT2D eigenvalue weighted by molar-refractivity contribution is 5.69. The number of benzene rings is 2. The molecule has 4 nitrogen and oxygen atoms in total. The van der Waals surface area contributed by atoms with Crippen LogP contribution < -0.4 is 9.64 Å². The molecule has 1 fully saturated rings. The van der Waals surface area contributed by atoms with Crippen LogP contribution in [-0.2, 0) is 11.3 Å². The first kappa shape index (κ1) is 14.5. The molecule has 0 radical (unpaired) electrons. The smallest absolute Gasteiger partial charge is 0.153 e. The summed E-state index contributed by atoms with van der Waals surface area (Å²) in [4.78, 5) is 4.47. The standard InChI is InChI=1S/C19H22N2O2/c1-20-12-11-18(22)16-13-15(23-3)9-10-17(16)21(2)19(18,20)14-7-5-4-6-8-14/h4-10,13,22H,11-12H2,1-3H3/t18-,19-/m0/s1. The molecule has 1 saturated heterocycles. The van der Waals surface area contributed by atoms with Crippen molar-refractivity contribution in [3.8, 4) is 5.75 Å². The molecule has 0 bridgehead atoms. The van der Waals surface area contributed by atoms with E-state index in [9.17, 15) is 5.11 Å². The molecule has 2 atom stereocenters. The van der Waals surface area contributed by atoms with E-state index in [0.29, 0.717) is 6.42 Å². The average Bonchev–Trinajstić information content (AvgIpc) is 2.97. The normalized spacial score (nSPS) is 29.5. The van der Waals surface area contributed by atoms with Crippen LogP contribution >= 0.6 is 0 Å². The van der Waals surface area contributed by atoms with Gasteiger partial charge >= 0.3 is 0 Å². The van der Waals surface area contributed by atoms with Crippen LogP contribution in [0, 0.1) is 0 Å². The highest BCUT2D eigenvalue weighted by Gasteiger charge is 2.66. The molecule has 1 N–H and O–H groups in total. The molecule has 2 aromatic carbocycles. The number of nitrogens with zero attached hydrogens (tertiary/aromatic N) is 2. The number of hydrogen-bond donors (Lipinski definition) is 1. The highest BCUT2D eigenvalue weighted by Crippen LogP contribution is 2.61. The quantitative estimate of drug-likeness (QED) is 0.924. The summed E-state index contributed by atoms with van der Waals surface area (Å²) < 4.78 is 5.39. The van der Waals surface area contributed by atoms with Gasteiger partial charge in [0.2, 0.25) is 0 Å². The summed E-state index contributed by atoms with van der Waals surface area (Å²) in [7, 11) is 5.82. The number of aliphatic hydroxyl groups is 1. The summed E-state index contributed by atoms with van der Waals surface area (Å²) in [6.45, 7) is 0.840. The van der Waals surface area contributed by atoms with E-state index < -0.39 is 11.3 Å². The maximum absolute atomic E-state index is 11.8. The molecule has 120 valence electrons. The van der Waals surface area contributed by atoms with Crippen LogP contribution in [0.15, 0.2) is 48.5 Å². The van der Waals surface area contributed by atoms with E-state index in [-0.39, 0.29) is 0 Å². The molecule has 2 heterocycles. The Labute approximate surface area is 136 Å². The maximum atomic E-state index is 11.8. The molecule has 0 saturated carbocycles. The Hall–Kier alpha value is -2.04. The monoisotopic (exact) mass is 310 g/mol. The summed E-state index contributed by atoms with van der Waals surface area (Å²) >= 11 is 0. The number of hydrogen-bond acceptors (Lipinski definition) is 4. The lowest BCUT2D eigenvalue weighted by Gasteiger charge is -2.46. The minimum atomic E-state index is -0.957. The second-order valence-corrected chi connectivity index (χ2v) is 6.51. The van der Waals surface area contributed by atoms with Gasteiger partial charge in [-0.3, -0.25) is 4.90 Å². The van der Waals surface area contributed by atoms with Gasteiger partial charge in [-0.05, 0) is 37.2 Å². The largest absolute Gasteiger partial charge is 0.497 e. The fourth-order valence-corrected chi connectivity index (χ4v) is 4.60. The second kappa shape index (κ2) is 4.73. The molecule has 2 aliphatic heterocycles. The number of rotatable bonds is 2. The van der Waals surface area contributed by atoms with Gasteiger partial charge in [0.05, 0.1) is 7.11 Å². The SMILES string of the molecule is COc1ccc2c(c1)[C@@]1(O)CCN(C)[C@@]1(c1ccccc1)N2C. The minimum Gasteiger partial charge on any atom is -0.497 e. The number of likely N-dealkylation sites (N-methyl/N-ethyl adjacent to an activating group) is 2. The molecule has 23 heavy (non-hydrogen) atoms. The highest BCUT2D eigenvalue weighted by atomic mass is 16.5. The van der Waals surface area contributed by atoms with Gasteiger partial charge in [-0.15, -0.1) is 0 Å². The molecule has 0 spiro atoms. The van der Waals surface area contributed by atoms with Gasteiger partial charge in [-0.2, -0.15) is 0 Å². The van der Waals surface area contributed by atoms with Crippen molar-refractivity contribution in [3.05, 3.63) is 59.7 Å². The zero-order valence-corrected chi connectivity index (χ0v) is 13.8. The van der Waals surface area contributed by atoms with Crippen molar-refractivity contribution < 1.29 is 9.84 Å². The van der Waals surface area contributed by atoms with E-state index in [4.69, 9.17) is 4.74 Å². The molecule has 4 heteroatoms. The summed E-state index contributed by atoms with van der Waals surface area (Å²) in [5, 5.41) is 11.8. The van der Waals surface area contributed by atoms with Gasteiger partial charge in [-0.1, -0.05) is 30.3 Å². The molecule has 0 amide bonds. The van der Waals surface area contributed by atoms with Crippen molar-refractivity contribution in [2.75, 3.05) is 32.6 Å². The Balaban J connectivity index is 2.01. The van der Waals surface area contributed by atoms with Crippen molar-refractivity contribution in [3.63, 3.8) is 0 Å². The van der Waals surface area contributed by atoms with Gasteiger partial charge in [0.1, 0.15) is 11.4 Å². The minimum absolute atomic E-state index is 0.580. The van der Waals surface area contributed by atoms with Crippen LogP contribution in [0.2, 0.25) is 0 Å².